The Labute approximate surface area is 146 Å². The van der Waals surface area contributed by atoms with Crippen molar-refractivity contribution < 1.29 is 14.3 Å². The average Bonchev–Trinajstić information content (AvgIpc) is 2.70. The molecular formula is C22H18O3. The molecule has 1 aliphatic heterocycles. The van der Waals surface area contributed by atoms with Gasteiger partial charge in [-0.2, -0.15) is 0 Å². The van der Waals surface area contributed by atoms with Crippen LogP contribution in [0.2, 0.25) is 0 Å². The minimum atomic E-state index is -1.01. The van der Waals surface area contributed by atoms with Crippen molar-refractivity contribution in [3.8, 4) is 0 Å². The molecule has 0 N–H and O–H groups in total. The predicted octanol–water partition coefficient (Wildman–Crippen LogP) is 4.24. The Bertz CT molecular complexity index is 805. The molecule has 0 saturated carbocycles. The van der Waals surface area contributed by atoms with E-state index in [9.17, 15) is 4.79 Å². The van der Waals surface area contributed by atoms with Gasteiger partial charge in [-0.1, -0.05) is 91.0 Å². The van der Waals surface area contributed by atoms with E-state index in [0.717, 1.165) is 16.7 Å². The molecule has 0 spiro atoms. The van der Waals surface area contributed by atoms with Gasteiger partial charge in [-0.25, -0.2) is 4.79 Å². The predicted molar refractivity (Wildman–Crippen MR) is 94.9 cm³/mol. The smallest absolute Gasteiger partial charge is 0.333 e. The normalized spacial score (nSPS) is 19.2. The first kappa shape index (κ1) is 15.6. The lowest BCUT2D eigenvalue weighted by Gasteiger charge is -2.43. The van der Waals surface area contributed by atoms with E-state index >= 15 is 0 Å². The third-order valence-electron chi connectivity index (χ3n) is 4.52. The fourth-order valence-electron chi connectivity index (χ4n) is 3.45. The van der Waals surface area contributed by atoms with E-state index in [-0.39, 0.29) is 12.6 Å². The highest BCUT2D eigenvalue weighted by atomic mass is 16.6. The van der Waals surface area contributed by atoms with Gasteiger partial charge in [0.25, 0.3) is 0 Å². The zero-order valence-electron chi connectivity index (χ0n) is 13.7. The molecule has 25 heavy (non-hydrogen) atoms. The van der Waals surface area contributed by atoms with Crippen LogP contribution < -0.4 is 0 Å². The highest BCUT2D eigenvalue weighted by Gasteiger charge is 2.50. The van der Waals surface area contributed by atoms with Crippen LogP contribution in [0.4, 0.5) is 0 Å². The van der Waals surface area contributed by atoms with Crippen LogP contribution >= 0.6 is 0 Å². The van der Waals surface area contributed by atoms with E-state index in [2.05, 4.69) is 0 Å². The van der Waals surface area contributed by atoms with Crippen LogP contribution in [0, 0.1) is 0 Å². The third-order valence-corrected chi connectivity index (χ3v) is 4.52. The van der Waals surface area contributed by atoms with Gasteiger partial charge in [0.05, 0.1) is 0 Å². The molecule has 1 saturated heterocycles. The quantitative estimate of drug-likeness (QED) is 0.674. The molecule has 4 rings (SSSR count). The maximum absolute atomic E-state index is 12.3. The fourth-order valence-corrected chi connectivity index (χ4v) is 3.45. The van der Waals surface area contributed by atoms with E-state index < -0.39 is 11.7 Å². The zero-order chi connectivity index (χ0) is 17.1. The van der Waals surface area contributed by atoms with Gasteiger partial charge in [0, 0.05) is 11.1 Å². The van der Waals surface area contributed by atoms with Gasteiger partial charge < -0.3 is 9.47 Å². The molecule has 0 amide bonds. The number of esters is 1. The van der Waals surface area contributed by atoms with Crippen LogP contribution in [0.1, 0.15) is 22.8 Å². The summed E-state index contributed by atoms with van der Waals surface area (Å²) in [5.74, 6) is -0.361. The Balaban J connectivity index is 1.97. The summed E-state index contributed by atoms with van der Waals surface area (Å²) in [6, 6.07) is 29.5. The van der Waals surface area contributed by atoms with E-state index in [1.54, 1.807) is 0 Å². The van der Waals surface area contributed by atoms with Crippen molar-refractivity contribution in [1.82, 2.24) is 0 Å². The number of carbonyl (C=O) groups is 1. The lowest BCUT2D eigenvalue weighted by atomic mass is 9.78. The Kier molecular flexibility index (Phi) is 4.08. The fraction of sp³-hybridized carbons (Fsp3) is 0.136. The summed E-state index contributed by atoms with van der Waals surface area (Å²) >= 11 is 0. The molecule has 3 heteroatoms. The van der Waals surface area contributed by atoms with Gasteiger partial charge in [0.15, 0.2) is 5.60 Å². The Morgan fingerprint density at radius 2 is 1.20 bits per heavy atom. The largest absolute Gasteiger partial charge is 0.444 e. The van der Waals surface area contributed by atoms with Crippen molar-refractivity contribution in [1.29, 1.82) is 0 Å². The second-order valence-electron chi connectivity index (χ2n) is 6.04. The molecule has 3 nitrogen and oxygen atoms in total. The molecule has 1 aliphatic rings. The topological polar surface area (TPSA) is 35.5 Å². The molecule has 0 aliphatic carbocycles. The van der Waals surface area contributed by atoms with Crippen molar-refractivity contribution in [2.24, 2.45) is 0 Å². The molecule has 1 heterocycles. The second kappa shape index (κ2) is 6.54. The van der Waals surface area contributed by atoms with Gasteiger partial charge >= 0.3 is 5.97 Å². The third kappa shape index (κ3) is 2.73. The van der Waals surface area contributed by atoms with Crippen molar-refractivity contribution >= 4 is 5.97 Å². The van der Waals surface area contributed by atoms with Crippen molar-refractivity contribution in [3.63, 3.8) is 0 Å². The number of hydrogen-bond donors (Lipinski definition) is 0. The van der Waals surface area contributed by atoms with Gasteiger partial charge in [-0.15, -0.1) is 0 Å². The lowest BCUT2D eigenvalue weighted by molar-refractivity contribution is -0.205. The molecule has 0 unspecified atom stereocenters. The molecule has 3 aromatic carbocycles. The zero-order valence-corrected chi connectivity index (χ0v) is 13.7. The highest BCUT2D eigenvalue weighted by Crippen LogP contribution is 2.48. The number of rotatable bonds is 3. The summed E-state index contributed by atoms with van der Waals surface area (Å²) in [7, 11) is 0. The molecule has 124 valence electrons. The first-order valence-corrected chi connectivity index (χ1v) is 8.30. The summed E-state index contributed by atoms with van der Waals surface area (Å²) < 4.78 is 12.1. The maximum atomic E-state index is 12.3. The minimum absolute atomic E-state index is 0.0546. The second-order valence-corrected chi connectivity index (χ2v) is 6.04. The number of hydrogen-bond acceptors (Lipinski definition) is 3. The summed E-state index contributed by atoms with van der Waals surface area (Å²) in [5.41, 5.74) is 1.74. The summed E-state index contributed by atoms with van der Waals surface area (Å²) in [4.78, 5) is 12.3. The van der Waals surface area contributed by atoms with Crippen molar-refractivity contribution in [2.45, 2.75) is 11.7 Å². The van der Waals surface area contributed by atoms with E-state index in [1.165, 1.54) is 0 Å². The molecule has 0 aromatic heterocycles. The first-order valence-electron chi connectivity index (χ1n) is 8.30. The lowest BCUT2D eigenvalue weighted by Crippen LogP contribution is -2.46. The summed E-state index contributed by atoms with van der Waals surface area (Å²) in [6.07, 6.45) is -0.420. The van der Waals surface area contributed by atoms with E-state index in [0.29, 0.717) is 0 Å². The van der Waals surface area contributed by atoms with Crippen LogP contribution in [0.5, 0.6) is 0 Å². The van der Waals surface area contributed by atoms with Crippen molar-refractivity contribution in [3.05, 3.63) is 108 Å². The molecule has 3 aromatic rings. The van der Waals surface area contributed by atoms with Gasteiger partial charge in [0.1, 0.15) is 12.7 Å². The van der Waals surface area contributed by atoms with Crippen LogP contribution in [0.3, 0.4) is 0 Å². The molecule has 0 radical (unpaired) electrons. The molecular weight excluding hydrogens is 312 g/mol. The van der Waals surface area contributed by atoms with Gasteiger partial charge in [0.2, 0.25) is 0 Å². The number of benzene rings is 3. The monoisotopic (exact) mass is 330 g/mol. The van der Waals surface area contributed by atoms with E-state index in [1.807, 2.05) is 91.0 Å². The van der Waals surface area contributed by atoms with E-state index in [4.69, 9.17) is 9.47 Å². The highest BCUT2D eigenvalue weighted by molar-refractivity contribution is 5.73. The Morgan fingerprint density at radius 1 is 0.720 bits per heavy atom. The molecule has 1 fully saturated rings. The minimum Gasteiger partial charge on any atom is -0.444 e. The average molecular weight is 330 g/mol. The van der Waals surface area contributed by atoms with Gasteiger partial charge in [-0.05, 0) is 5.56 Å². The standard InChI is InChI=1S/C22H18O3/c23-20-16-24-21(17-10-4-1-5-11-17)22(25-20,18-12-6-2-7-13-18)19-14-8-3-9-15-19/h1-15,21H,16H2/t21-/m1/s1. The van der Waals surface area contributed by atoms with Crippen LogP contribution in [-0.4, -0.2) is 12.6 Å². The number of ether oxygens (including phenoxy) is 2. The first-order chi connectivity index (χ1) is 12.3. The maximum Gasteiger partial charge on any atom is 0.333 e. The van der Waals surface area contributed by atoms with Crippen LogP contribution in [0.25, 0.3) is 0 Å². The SMILES string of the molecule is O=C1CO[C@H](c2ccccc2)C(c2ccccc2)(c2ccccc2)O1. The van der Waals surface area contributed by atoms with Crippen LogP contribution in [-0.2, 0) is 19.9 Å². The van der Waals surface area contributed by atoms with Crippen molar-refractivity contribution in [2.75, 3.05) is 6.61 Å². The molecule has 0 bridgehead atoms. The molecule has 1 atom stereocenters. The summed E-state index contributed by atoms with van der Waals surface area (Å²) in [6.45, 7) is -0.0546. The van der Waals surface area contributed by atoms with Crippen LogP contribution in [0.15, 0.2) is 91.0 Å². The summed E-state index contributed by atoms with van der Waals surface area (Å²) in [5, 5.41) is 0. The number of cyclic esters (lactones) is 1. The Morgan fingerprint density at radius 3 is 1.72 bits per heavy atom. The number of carbonyl (C=O) groups excluding carboxylic acids is 1. The Hall–Kier alpha value is -2.91. The van der Waals surface area contributed by atoms with Gasteiger partial charge in [-0.3, -0.25) is 0 Å².